The Kier molecular flexibility index (Phi) is 10.8. The predicted molar refractivity (Wildman–Crippen MR) is 189 cm³/mol. The number of nitrogens with zero attached hydrogens (tertiary/aromatic N) is 3. The zero-order chi connectivity index (χ0) is 34.0. The van der Waals surface area contributed by atoms with Gasteiger partial charge in [0.25, 0.3) is 23.1 Å². The fraction of sp³-hybridized carbons (Fsp3) is 0.375. The highest BCUT2D eigenvalue weighted by Crippen LogP contribution is 2.40. The van der Waals surface area contributed by atoms with Crippen LogP contribution in [-0.4, -0.2) is 99.9 Å². The molecule has 1 aliphatic rings. The van der Waals surface area contributed by atoms with Crippen molar-refractivity contribution in [1.82, 2.24) is 14.8 Å². The van der Waals surface area contributed by atoms with Gasteiger partial charge in [-0.15, -0.1) is 23.2 Å². The first-order valence-corrected chi connectivity index (χ1v) is 18.9. The van der Waals surface area contributed by atoms with E-state index in [1.807, 2.05) is 31.0 Å². The summed E-state index contributed by atoms with van der Waals surface area (Å²) < 4.78 is 48.9. The molecule has 3 aromatic carbocycles. The summed E-state index contributed by atoms with van der Waals surface area (Å²) in [4.78, 5) is 32.4. The van der Waals surface area contributed by atoms with Gasteiger partial charge >= 0.3 is 0 Å². The lowest BCUT2D eigenvalue weighted by Crippen LogP contribution is -2.47. The van der Waals surface area contributed by atoms with Crippen molar-refractivity contribution < 1.29 is 26.8 Å². The predicted octanol–water partition coefficient (Wildman–Crippen LogP) is 4.72. The Hall–Kier alpha value is -3.20. The van der Waals surface area contributed by atoms with Crippen molar-refractivity contribution in [3.05, 3.63) is 65.2 Å². The second kappa shape index (κ2) is 14.5. The van der Waals surface area contributed by atoms with Gasteiger partial charge in [-0.25, -0.2) is 12.6 Å². The van der Waals surface area contributed by atoms with Crippen molar-refractivity contribution in [2.24, 2.45) is 5.73 Å². The Morgan fingerprint density at radius 2 is 1.79 bits per heavy atom. The zero-order valence-corrected chi connectivity index (χ0v) is 29.2. The van der Waals surface area contributed by atoms with Gasteiger partial charge in [-0.2, -0.15) is 0 Å². The van der Waals surface area contributed by atoms with Crippen molar-refractivity contribution in [1.29, 1.82) is 0 Å². The van der Waals surface area contributed by atoms with Crippen LogP contribution < -0.4 is 10.0 Å². The van der Waals surface area contributed by atoms with Gasteiger partial charge in [-0.1, -0.05) is 24.3 Å². The number of aromatic amines is 1. The standard InChI is InChI=1S/C32H37Cl2N5O6S2/c1-20-22(5-3-6-27(20)39(46(42)43)12-4-17-47(44,45)18-11-28(33)34)23-9-10-25(31(35)40)30-29(23)24-8-7-21(19-26(24)36-30)32(41)38-15-13-37(2)14-16-38/h3,5-10,19,28,36H,4,11-18H2,1-2H3,(H2,35,40)(H,42,43). The summed E-state index contributed by atoms with van der Waals surface area (Å²) >= 11 is 8.94. The summed E-state index contributed by atoms with van der Waals surface area (Å²) in [5, 5.41) is 1.50. The minimum Gasteiger partial charge on any atom is -0.366 e. The van der Waals surface area contributed by atoms with E-state index in [0.29, 0.717) is 40.9 Å². The molecular formula is C32H37Cl2N5O6S2. The number of carbonyl (C=O) groups is 2. The Bertz CT molecular complexity index is 1960. The van der Waals surface area contributed by atoms with E-state index in [-0.39, 0.29) is 42.4 Å². The molecule has 1 unspecified atom stereocenters. The number of anilines is 1. The molecule has 1 fully saturated rings. The lowest BCUT2D eigenvalue weighted by atomic mass is 9.93. The van der Waals surface area contributed by atoms with Crippen molar-refractivity contribution in [2.75, 3.05) is 55.6 Å². The number of primary amides is 1. The maximum absolute atomic E-state index is 13.3. The van der Waals surface area contributed by atoms with Gasteiger partial charge in [-0.3, -0.25) is 18.4 Å². The molecule has 1 aromatic heterocycles. The van der Waals surface area contributed by atoms with E-state index in [9.17, 15) is 26.8 Å². The minimum absolute atomic E-state index is 0.00499. The maximum atomic E-state index is 13.3. The van der Waals surface area contributed by atoms with Crippen LogP contribution in [0.4, 0.5) is 5.69 Å². The molecule has 2 amide bonds. The molecule has 0 aliphatic carbocycles. The molecule has 0 bridgehead atoms. The highest BCUT2D eigenvalue weighted by molar-refractivity contribution is 7.91. The molecule has 11 nitrogen and oxygen atoms in total. The fourth-order valence-electron chi connectivity index (χ4n) is 6.03. The van der Waals surface area contributed by atoms with Gasteiger partial charge in [0.05, 0.1) is 28.3 Å². The average molecular weight is 723 g/mol. The molecular weight excluding hydrogens is 685 g/mol. The van der Waals surface area contributed by atoms with Crippen LogP contribution in [0.25, 0.3) is 32.9 Å². The lowest BCUT2D eigenvalue weighted by Gasteiger charge is -2.32. The number of piperazine rings is 1. The van der Waals surface area contributed by atoms with Gasteiger partial charge in [0.1, 0.15) is 14.7 Å². The minimum atomic E-state index is -3.45. The summed E-state index contributed by atoms with van der Waals surface area (Å²) in [6, 6.07) is 14.2. The van der Waals surface area contributed by atoms with Crippen LogP contribution >= 0.6 is 23.2 Å². The molecule has 0 radical (unpaired) electrons. The number of rotatable bonds is 12. The van der Waals surface area contributed by atoms with Crippen LogP contribution in [0.2, 0.25) is 0 Å². The topological polar surface area (TPSA) is 157 Å². The highest BCUT2D eigenvalue weighted by atomic mass is 35.5. The van der Waals surface area contributed by atoms with Gasteiger partial charge in [-0.05, 0) is 67.8 Å². The van der Waals surface area contributed by atoms with Gasteiger partial charge in [0, 0.05) is 54.6 Å². The first kappa shape index (κ1) is 35.1. The van der Waals surface area contributed by atoms with Crippen LogP contribution in [0.15, 0.2) is 48.5 Å². The smallest absolute Gasteiger partial charge is 0.261 e. The number of sulfone groups is 1. The van der Waals surface area contributed by atoms with Crippen LogP contribution in [0, 0.1) is 6.92 Å². The molecule has 1 saturated heterocycles. The Labute approximate surface area is 286 Å². The molecule has 47 heavy (non-hydrogen) atoms. The largest absolute Gasteiger partial charge is 0.366 e. The molecule has 1 aliphatic heterocycles. The molecule has 4 aromatic rings. The zero-order valence-electron chi connectivity index (χ0n) is 26.0. The number of nitrogens with two attached hydrogens (primary N) is 1. The first-order valence-electron chi connectivity index (χ1n) is 15.1. The summed E-state index contributed by atoms with van der Waals surface area (Å²) in [7, 11) is -1.42. The fourth-order valence-corrected chi connectivity index (χ4v) is 8.53. The molecule has 4 N–H and O–H groups in total. The first-order chi connectivity index (χ1) is 22.3. The number of benzene rings is 3. The molecule has 5 rings (SSSR count). The van der Waals surface area contributed by atoms with Crippen LogP contribution in [0.3, 0.4) is 0 Å². The summed E-state index contributed by atoms with van der Waals surface area (Å²) in [5.41, 5.74) is 10.4. The summed E-state index contributed by atoms with van der Waals surface area (Å²) in [6.07, 6.45) is 0.218. The highest BCUT2D eigenvalue weighted by Gasteiger charge is 2.24. The van der Waals surface area contributed by atoms with Crippen molar-refractivity contribution in [3.63, 3.8) is 0 Å². The molecule has 252 valence electrons. The number of nitrogens with one attached hydrogen (secondary N) is 1. The Balaban J connectivity index is 1.53. The van der Waals surface area contributed by atoms with E-state index < -0.39 is 31.8 Å². The van der Waals surface area contributed by atoms with Crippen molar-refractivity contribution >= 4 is 83.6 Å². The molecule has 0 spiro atoms. The number of aromatic nitrogens is 1. The van der Waals surface area contributed by atoms with Crippen molar-refractivity contribution in [3.8, 4) is 11.1 Å². The lowest BCUT2D eigenvalue weighted by molar-refractivity contribution is 0.0664. The third-order valence-corrected chi connectivity index (χ3v) is 11.5. The maximum Gasteiger partial charge on any atom is 0.261 e. The SMILES string of the molecule is Cc1c(-c2ccc(C(N)=O)c3[nH]c4cc(C(=O)N5CCN(C)CC5)ccc4c23)cccc1N(CCCS(=O)(=O)CCC(Cl)Cl)S(=O)O. The van der Waals surface area contributed by atoms with E-state index in [4.69, 9.17) is 28.9 Å². The number of carbonyl (C=O) groups excluding carboxylic acids is 2. The van der Waals surface area contributed by atoms with E-state index in [0.717, 1.165) is 35.0 Å². The van der Waals surface area contributed by atoms with Gasteiger partial charge < -0.3 is 20.5 Å². The Morgan fingerprint density at radius 1 is 1.06 bits per heavy atom. The number of H-pyrrole nitrogens is 1. The van der Waals surface area contributed by atoms with E-state index in [1.165, 1.54) is 4.31 Å². The Morgan fingerprint density at radius 3 is 2.45 bits per heavy atom. The molecule has 2 heterocycles. The normalized spacial score (nSPS) is 15.1. The third-order valence-electron chi connectivity index (χ3n) is 8.57. The van der Waals surface area contributed by atoms with Gasteiger partial charge in [0.15, 0.2) is 0 Å². The van der Waals surface area contributed by atoms with Crippen LogP contribution in [-0.2, 0) is 21.1 Å². The van der Waals surface area contributed by atoms with Crippen molar-refractivity contribution in [2.45, 2.75) is 24.6 Å². The number of amides is 2. The summed E-state index contributed by atoms with van der Waals surface area (Å²) in [6.45, 7) is 4.70. The quantitative estimate of drug-likeness (QED) is 0.141. The number of hydrogen-bond donors (Lipinski definition) is 3. The van der Waals surface area contributed by atoms with E-state index >= 15 is 0 Å². The summed E-state index contributed by atoms with van der Waals surface area (Å²) in [5.74, 6) is -1.04. The van der Waals surface area contributed by atoms with Crippen LogP contribution in [0.5, 0.6) is 0 Å². The average Bonchev–Trinajstić information content (AvgIpc) is 3.41. The third kappa shape index (κ3) is 7.76. The number of likely N-dealkylation sites (N-methyl/N-ethyl adjacent to an activating group) is 1. The monoisotopic (exact) mass is 721 g/mol. The number of alkyl halides is 2. The van der Waals surface area contributed by atoms with Crippen LogP contribution in [0.1, 0.15) is 39.1 Å². The number of halogens is 2. The number of hydrogen-bond acceptors (Lipinski definition) is 6. The number of fused-ring (bicyclic) bond motifs is 3. The second-order valence-electron chi connectivity index (χ2n) is 11.7. The molecule has 0 saturated carbocycles. The second-order valence-corrected chi connectivity index (χ2v) is 16.2. The molecule has 1 atom stereocenters. The van der Waals surface area contributed by atoms with E-state index in [2.05, 4.69) is 9.88 Å². The van der Waals surface area contributed by atoms with Gasteiger partial charge in [0.2, 0.25) is 0 Å². The molecule has 15 heteroatoms. The van der Waals surface area contributed by atoms with E-state index in [1.54, 1.807) is 36.4 Å².